The number of esters is 1. The predicted molar refractivity (Wildman–Crippen MR) is 113 cm³/mol. The molecule has 0 N–H and O–H groups in total. The van der Waals surface area contributed by atoms with Crippen molar-refractivity contribution >= 4 is 24.3 Å². The van der Waals surface area contributed by atoms with Crippen molar-refractivity contribution < 1.29 is 49.0 Å². The van der Waals surface area contributed by atoms with Crippen molar-refractivity contribution in [2.75, 3.05) is 0 Å². The molecular weight excluding hydrogens is 586 g/mol. The maximum absolute atomic E-state index is 14.6. The molecule has 0 heterocycles. The number of hydrogen-bond acceptors (Lipinski definition) is 2. The van der Waals surface area contributed by atoms with Gasteiger partial charge in [-0.1, -0.05) is 0 Å². The van der Waals surface area contributed by atoms with E-state index in [-0.39, 0.29) is 17.5 Å². The first-order valence-corrected chi connectivity index (χ1v) is 21.0. The minimum absolute atomic E-state index is 0.168. The zero-order chi connectivity index (χ0) is 27.0. The Kier molecular flexibility index (Phi) is 9.16. The summed E-state index contributed by atoms with van der Waals surface area (Å²) in [5.41, 5.74) is -1.40. The van der Waals surface area contributed by atoms with E-state index < -0.39 is 66.2 Å². The Morgan fingerprint density at radius 3 is 1.82 bits per heavy atom. The van der Waals surface area contributed by atoms with Gasteiger partial charge in [-0.2, -0.15) is 0 Å². The summed E-state index contributed by atoms with van der Waals surface area (Å²) in [6, 6.07) is 5.10. The van der Waals surface area contributed by atoms with Crippen LogP contribution in [0.2, 0.25) is 19.3 Å². The third-order valence-electron chi connectivity index (χ3n) is 4.97. The summed E-state index contributed by atoms with van der Waals surface area (Å²) in [5, 5.41) is 0. The van der Waals surface area contributed by atoms with Gasteiger partial charge in [0.1, 0.15) is 0 Å². The van der Waals surface area contributed by atoms with Crippen molar-refractivity contribution in [1.82, 2.24) is 0 Å². The van der Waals surface area contributed by atoms with Crippen molar-refractivity contribution in [2.24, 2.45) is 0 Å². The molecule has 0 bridgehead atoms. The molecule has 0 aromatic heterocycles. The summed E-state index contributed by atoms with van der Waals surface area (Å²) in [5.74, 6) is -21.9. The van der Waals surface area contributed by atoms with Gasteiger partial charge in [0.05, 0.1) is 0 Å². The number of hydrogen-bond donors (Lipinski definition) is 0. The summed E-state index contributed by atoms with van der Waals surface area (Å²) in [4.78, 5) is 18.4. The van der Waals surface area contributed by atoms with Gasteiger partial charge in [-0.25, -0.2) is 0 Å². The molecule has 1 aromatic rings. The molecule has 1 unspecified atom stereocenters. The fourth-order valence-corrected chi connectivity index (χ4v) is 6.66. The summed E-state index contributed by atoms with van der Waals surface area (Å²) in [6.07, 6.45) is -9.08. The van der Waals surface area contributed by atoms with Crippen LogP contribution in [0, 0.1) is 0 Å². The topological polar surface area (TPSA) is 26.3 Å². The van der Waals surface area contributed by atoms with E-state index in [2.05, 4.69) is 0 Å². The van der Waals surface area contributed by atoms with Gasteiger partial charge in [-0.3, -0.25) is 0 Å². The van der Waals surface area contributed by atoms with Gasteiger partial charge >= 0.3 is 197 Å². The van der Waals surface area contributed by atoms with Crippen molar-refractivity contribution in [2.45, 2.75) is 88.3 Å². The monoisotopic (exact) mass is 616 g/mol. The van der Waals surface area contributed by atoms with E-state index in [1.165, 1.54) is 45.0 Å². The predicted octanol–water partition coefficient (Wildman–Crippen LogP) is 8.31. The molecule has 12 heteroatoms. The van der Waals surface area contributed by atoms with E-state index in [0.29, 0.717) is 4.44 Å². The molecule has 0 aliphatic carbocycles. The van der Waals surface area contributed by atoms with Crippen LogP contribution in [0.4, 0.5) is 39.5 Å². The number of ether oxygens (including phenoxy) is 1. The van der Waals surface area contributed by atoms with Crippen molar-refractivity contribution in [3.8, 4) is 0 Å². The Bertz CT molecular complexity index is 853. The van der Waals surface area contributed by atoms with E-state index in [4.69, 9.17) is 4.74 Å². The fraction of sp³-hybridized carbons (Fsp3) is 0.682. The minimum atomic E-state index is -6.96. The van der Waals surface area contributed by atoms with E-state index >= 15 is 0 Å². The van der Waals surface area contributed by atoms with Crippen molar-refractivity contribution in [1.29, 1.82) is 0 Å². The average Bonchev–Trinajstić information content (AvgIpc) is 2.61. The molecule has 0 saturated carbocycles. The summed E-state index contributed by atoms with van der Waals surface area (Å²) >= 11 is -2.76. The summed E-state index contributed by atoms with van der Waals surface area (Å²) in [7, 11) is 0. The second-order valence-corrected chi connectivity index (χ2v) is 26.5. The third-order valence-corrected chi connectivity index (χ3v) is 10.1. The molecule has 196 valence electrons. The molecule has 34 heavy (non-hydrogen) atoms. The van der Waals surface area contributed by atoms with Gasteiger partial charge in [0.2, 0.25) is 0 Å². The van der Waals surface area contributed by atoms with Crippen molar-refractivity contribution in [3.63, 3.8) is 0 Å². The molecule has 0 amide bonds. The molecule has 1 rings (SSSR count). The Morgan fingerprint density at radius 2 is 1.38 bits per heavy atom. The molecule has 0 radical (unpaired) electrons. The second kappa shape index (κ2) is 10.1. The SMILES string of the molecule is CC(C)(C)OC(=O)c1ccccc1C(C[CH2][Sn]([CH3])([CH3])[CH3])CC(F)(F)C(F)(F)C(F)(F)C(F)(F)F. The van der Waals surface area contributed by atoms with Crippen LogP contribution in [-0.4, -0.2) is 53.9 Å². The number of rotatable bonds is 9. The number of alkyl halides is 9. The molecule has 0 saturated heterocycles. The number of benzene rings is 1. The van der Waals surface area contributed by atoms with E-state index in [0.717, 1.165) is 0 Å². The van der Waals surface area contributed by atoms with E-state index in [9.17, 15) is 44.3 Å². The molecule has 0 aliphatic rings. The number of carbonyl (C=O) groups excluding carboxylic acids is 1. The van der Waals surface area contributed by atoms with Gasteiger partial charge < -0.3 is 0 Å². The normalized spacial score (nSPS) is 15.3. The first-order chi connectivity index (χ1) is 14.9. The Balaban J connectivity index is 3.53. The first-order valence-electron chi connectivity index (χ1n) is 10.5. The molecule has 0 aliphatic heterocycles. The molecular formula is C22H29F9O2Sn. The van der Waals surface area contributed by atoms with Crippen LogP contribution in [0.15, 0.2) is 24.3 Å². The molecule has 2 nitrogen and oxygen atoms in total. The van der Waals surface area contributed by atoms with E-state index in [1.807, 2.05) is 14.8 Å². The zero-order valence-corrected chi connectivity index (χ0v) is 22.6. The zero-order valence-electron chi connectivity index (χ0n) is 19.7. The van der Waals surface area contributed by atoms with Crippen LogP contribution in [0.25, 0.3) is 0 Å². The Labute approximate surface area is 197 Å². The summed E-state index contributed by atoms with van der Waals surface area (Å²) < 4.78 is 127. The van der Waals surface area contributed by atoms with Gasteiger partial charge in [0.15, 0.2) is 0 Å². The van der Waals surface area contributed by atoms with Gasteiger partial charge in [0.25, 0.3) is 0 Å². The third kappa shape index (κ3) is 7.43. The number of carbonyl (C=O) groups is 1. The van der Waals surface area contributed by atoms with Gasteiger partial charge in [-0.05, 0) is 0 Å². The van der Waals surface area contributed by atoms with Crippen LogP contribution < -0.4 is 0 Å². The first kappa shape index (κ1) is 30.9. The molecule has 0 spiro atoms. The van der Waals surface area contributed by atoms with Crippen molar-refractivity contribution in [3.05, 3.63) is 35.4 Å². The molecule has 1 atom stereocenters. The quantitative estimate of drug-likeness (QED) is 0.159. The Morgan fingerprint density at radius 1 is 0.882 bits per heavy atom. The second-order valence-electron chi connectivity index (χ2n) is 10.4. The van der Waals surface area contributed by atoms with Gasteiger partial charge in [-0.15, -0.1) is 0 Å². The Hall–Kier alpha value is -1.14. The fourth-order valence-electron chi connectivity index (χ4n) is 3.19. The van der Waals surface area contributed by atoms with Crippen LogP contribution in [0.1, 0.15) is 55.5 Å². The van der Waals surface area contributed by atoms with Crippen LogP contribution in [0.5, 0.6) is 0 Å². The van der Waals surface area contributed by atoms with Crippen LogP contribution in [-0.2, 0) is 4.74 Å². The van der Waals surface area contributed by atoms with Gasteiger partial charge in [0, 0.05) is 0 Å². The molecule has 0 fully saturated rings. The summed E-state index contributed by atoms with van der Waals surface area (Å²) in [6.45, 7) is 4.60. The average molecular weight is 615 g/mol. The van der Waals surface area contributed by atoms with Crippen LogP contribution in [0.3, 0.4) is 0 Å². The molecule has 1 aromatic carbocycles. The standard InChI is InChI=1S/C19H20F9O2.3CH3.Sn/c1-5-11(10-16(20,21)17(22,23)18(24,25)19(26,27)28)12-8-6-7-9-13(12)14(29)30-15(2,3)4;;;;/h6-9,11H,1,5,10H2,2-4H3;3*1H3;. The number of halogens is 9. The maximum atomic E-state index is 14.6. The van der Waals surface area contributed by atoms with E-state index in [1.54, 1.807) is 0 Å². The van der Waals surface area contributed by atoms with Crippen LogP contribution >= 0.6 is 0 Å².